The predicted molar refractivity (Wildman–Crippen MR) is 53.5 cm³/mol. The van der Waals surface area contributed by atoms with E-state index in [1.54, 1.807) is 0 Å². The molecule has 2 fully saturated rings. The molecule has 0 N–H and O–H groups in total. The van der Waals surface area contributed by atoms with Gasteiger partial charge in [-0.25, -0.2) is 0 Å². The SMILES string of the molecule is CC1(C)OC[C@@H](CC[C@@H]2O[C@@H]2CCl)O1. The molecule has 0 unspecified atom stereocenters. The number of ether oxygens (including phenoxy) is 3. The highest BCUT2D eigenvalue weighted by molar-refractivity contribution is 6.18. The molecule has 0 saturated carbocycles. The Morgan fingerprint density at radius 2 is 2.07 bits per heavy atom. The molecular formula is C10H17ClO3. The van der Waals surface area contributed by atoms with Crippen molar-refractivity contribution < 1.29 is 14.2 Å². The maximum atomic E-state index is 5.69. The summed E-state index contributed by atoms with van der Waals surface area (Å²) < 4.78 is 16.5. The van der Waals surface area contributed by atoms with Crippen LogP contribution in [0.15, 0.2) is 0 Å². The summed E-state index contributed by atoms with van der Waals surface area (Å²) in [6, 6.07) is 0. The number of rotatable bonds is 4. The first-order valence-corrected chi connectivity index (χ1v) is 5.67. The number of halogens is 1. The second-order valence-electron chi connectivity index (χ2n) is 4.40. The predicted octanol–water partition coefficient (Wildman–Crippen LogP) is 1.92. The minimum absolute atomic E-state index is 0.227. The van der Waals surface area contributed by atoms with Gasteiger partial charge < -0.3 is 14.2 Å². The van der Waals surface area contributed by atoms with Crippen LogP contribution in [0, 0.1) is 0 Å². The van der Waals surface area contributed by atoms with Gasteiger partial charge in [-0.1, -0.05) is 0 Å². The number of hydrogen-bond donors (Lipinski definition) is 0. The van der Waals surface area contributed by atoms with E-state index >= 15 is 0 Å². The Bertz CT molecular complexity index is 208. The van der Waals surface area contributed by atoms with Crippen LogP contribution < -0.4 is 0 Å². The summed E-state index contributed by atoms with van der Waals surface area (Å²) in [4.78, 5) is 0. The molecule has 0 aliphatic carbocycles. The van der Waals surface area contributed by atoms with Crippen LogP contribution in [-0.2, 0) is 14.2 Å². The fourth-order valence-corrected chi connectivity index (χ4v) is 2.10. The van der Waals surface area contributed by atoms with Crippen molar-refractivity contribution in [1.82, 2.24) is 0 Å². The van der Waals surface area contributed by atoms with Gasteiger partial charge in [0.1, 0.15) is 0 Å². The van der Waals surface area contributed by atoms with Gasteiger partial charge in [0.2, 0.25) is 0 Å². The van der Waals surface area contributed by atoms with Crippen LogP contribution in [0.4, 0.5) is 0 Å². The molecule has 3 atom stereocenters. The van der Waals surface area contributed by atoms with Crippen LogP contribution in [0.5, 0.6) is 0 Å². The molecule has 4 heteroatoms. The molecule has 0 spiro atoms. The Labute approximate surface area is 89.7 Å². The Morgan fingerprint density at radius 1 is 1.29 bits per heavy atom. The van der Waals surface area contributed by atoms with Gasteiger partial charge in [-0.15, -0.1) is 11.6 Å². The van der Waals surface area contributed by atoms with E-state index in [2.05, 4.69) is 0 Å². The highest BCUT2D eigenvalue weighted by atomic mass is 35.5. The molecule has 82 valence electrons. The molecule has 2 saturated heterocycles. The van der Waals surface area contributed by atoms with Crippen molar-refractivity contribution in [2.45, 2.75) is 50.8 Å². The molecular weight excluding hydrogens is 204 g/mol. The molecule has 3 nitrogen and oxygen atoms in total. The highest BCUT2D eigenvalue weighted by Gasteiger charge is 2.39. The second-order valence-corrected chi connectivity index (χ2v) is 4.70. The van der Waals surface area contributed by atoms with E-state index in [1.165, 1.54) is 0 Å². The molecule has 0 radical (unpaired) electrons. The first kappa shape index (κ1) is 10.7. The lowest BCUT2D eigenvalue weighted by molar-refractivity contribution is -0.139. The molecule has 0 aromatic heterocycles. The Kier molecular flexibility index (Phi) is 3.03. The first-order valence-electron chi connectivity index (χ1n) is 5.14. The molecule has 0 amide bonds. The summed E-state index contributed by atoms with van der Waals surface area (Å²) in [5, 5.41) is 0. The summed E-state index contributed by atoms with van der Waals surface area (Å²) >= 11 is 5.65. The largest absolute Gasteiger partial charge is 0.368 e. The zero-order valence-electron chi connectivity index (χ0n) is 8.66. The van der Waals surface area contributed by atoms with Crippen molar-refractivity contribution in [3.8, 4) is 0 Å². The van der Waals surface area contributed by atoms with E-state index < -0.39 is 5.79 Å². The lowest BCUT2D eigenvalue weighted by Gasteiger charge is -2.16. The van der Waals surface area contributed by atoms with Gasteiger partial charge in [-0.2, -0.15) is 0 Å². The Morgan fingerprint density at radius 3 is 2.57 bits per heavy atom. The van der Waals surface area contributed by atoms with Gasteiger partial charge >= 0.3 is 0 Å². The van der Waals surface area contributed by atoms with Crippen molar-refractivity contribution >= 4 is 11.6 Å². The van der Waals surface area contributed by atoms with E-state index in [-0.39, 0.29) is 12.2 Å². The molecule has 0 aromatic carbocycles. The average Bonchev–Trinajstić information content (AvgIpc) is 2.81. The molecule has 2 rings (SSSR count). The van der Waals surface area contributed by atoms with Crippen LogP contribution in [-0.4, -0.2) is 36.6 Å². The van der Waals surface area contributed by atoms with E-state index in [0.717, 1.165) is 12.8 Å². The number of hydrogen-bond acceptors (Lipinski definition) is 3. The number of epoxide rings is 1. The molecule has 14 heavy (non-hydrogen) atoms. The number of alkyl halides is 1. The quantitative estimate of drug-likeness (QED) is 0.536. The van der Waals surface area contributed by atoms with E-state index in [9.17, 15) is 0 Å². The molecule has 0 aromatic rings. The smallest absolute Gasteiger partial charge is 0.163 e. The van der Waals surface area contributed by atoms with E-state index in [1.807, 2.05) is 13.8 Å². The van der Waals surface area contributed by atoms with Crippen LogP contribution >= 0.6 is 11.6 Å². The van der Waals surface area contributed by atoms with Crippen LogP contribution in [0.2, 0.25) is 0 Å². The Balaban J connectivity index is 1.63. The summed E-state index contributed by atoms with van der Waals surface area (Å²) in [5.74, 6) is 0.207. The van der Waals surface area contributed by atoms with Gasteiger partial charge in [0.05, 0.1) is 30.8 Å². The lowest BCUT2D eigenvalue weighted by atomic mass is 10.1. The normalized spacial score (nSPS) is 40.1. The van der Waals surface area contributed by atoms with Gasteiger partial charge in [-0.3, -0.25) is 0 Å². The van der Waals surface area contributed by atoms with Gasteiger partial charge in [0.25, 0.3) is 0 Å². The van der Waals surface area contributed by atoms with Crippen molar-refractivity contribution in [2.24, 2.45) is 0 Å². The fraction of sp³-hybridized carbons (Fsp3) is 1.00. The van der Waals surface area contributed by atoms with Crippen molar-refractivity contribution in [3.05, 3.63) is 0 Å². The zero-order chi connectivity index (χ0) is 10.2. The average molecular weight is 221 g/mol. The summed E-state index contributed by atoms with van der Waals surface area (Å²) in [6.07, 6.45) is 2.90. The van der Waals surface area contributed by atoms with E-state index in [0.29, 0.717) is 18.6 Å². The fourth-order valence-electron chi connectivity index (χ4n) is 1.82. The first-order chi connectivity index (χ1) is 6.61. The minimum Gasteiger partial charge on any atom is -0.368 e. The Hall–Kier alpha value is 0.170. The van der Waals surface area contributed by atoms with Gasteiger partial charge in [-0.05, 0) is 26.7 Å². The zero-order valence-corrected chi connectivity index (χ0v) is 9.42. The van der Waals surface area contributed by atoms with Crippen LogP contribution in [0.3, 0.4) is 0 Å². The molecule has 2 heterocycles. The third-order valence-electron chi connectivity index (χ3n) is 2.68. The third-order valence-corrected chi connectivity index (χ3v) is 2.98. The van der Waals surface area contributed by atoms with Crippen molar-refractivity contribution in [3.63, 3.8) is 0 Å². The monoisotopic (exact) mass is 220 g/mol. The highest BCUT2D eigenvalue weighted by Crippen LogP contribution is 2.31. The van der Waals surface area contributed by atoms with Crippen molar-refractivity contribution in [2.75, 3.05) is 12.5 Å². The van der Waals surface area contributed by atoms with Crippen molar-refractivity contribution in [1.29, 1.82) is 0 Å². The summed E-state index contributed by atoms with van der Waals surface area (Å²) in [6.45, 7) is 4.59. The third kappa shape index (κ3) is 2.60. The maximum Gasteiger partial charge on any atom is 0.163 e. The maximum absolute atomic E-state index is 5.69. The van der Waals surface area contributed by atoms with Crippen LogP contribution in [0.1, 0.15) is 26.7 Å². The minimum atomic E-state index is -0.402. The second kappa shape index (κ2) is 3.97. The standard InChI is InChI=1S/C10H17ClO3/c1-10(2)12-6-7(14-10)3-4-8-9(5-11)13-8/h7-9H,3-6H2,1-2H3/t7-,8+,9-/m1/s1. The summed E-state index contributed by atoms with van der Waals surface area (Å²) in [7, 11) is 0. The summed E-state index contributed by atoms with van der Waals surface area (Å²) in [5.41, 5.74) is 0. The lowest BCUT2D eigenvalue weighted by Crippen LogP contribution is -2.21. The van der Waals surface area contributed by atoms with Gasteiger partial charge in [0.15, 0.2) is 5.79 Å². The molecule has 0 bridgehead atoms. The van der Waals surface area contributed by atoms with Gasteiger partial charge in [0, 0.05) is 0 Å². The van der Waals surface area contributed by atoms with Crippen LogP contribution in [0.25, 0.3) is 0 Å². The topological polar surface area (TPSA) is 31.0 Å². The molecule has 2 aliphatic heterocycles. The van der Waals surface area contributed by atoms with E-state index in [4.69, 9.17) is 25.8 Å². The molecule has 2 aliphatic rings.